The van der Waals surface area contributed by atoms with Crippen LogP contribution in [-0.2, 0) is 4.79 Å². The first-order chi connectivity index (χ1) is 14.1. The van der Waals surface area contributed by atoms with E-state index in [9.17, 15) is 9.59 Å². The van der Waals surface area contributed by atoms with Gasteiger partial charge in [0.05, 0.1) is 6.04 Å². The standard InChI is InChI=1S/C21H22N4O4/c1-14-11-15(12-18(26)22-14)21-23-20(24-29-21)17-9-5-6-10-25(17)19(27)13-28-16-7-3-2-4-8-16/h2-4,7-8,11-12,17H,5-6,9-10,13H2,1H3,(H,22,26). The predicted octanol–water partition coefficient (Wildman–Crippen LogP) is 2.87. The quantitative estimate of drug-likeness (QED) is 0.714. The lowest BCUT2D eigenvalue weighted by Crippen LogP contribution is -2.41. The molecule has 1 aliphatic heterocycles. The van der Waals surface area contributed by atoms with Crippen LogP contribution < -0.4 is 10.3 Å². The van der Waals surface area contributed by atoms with Crippen LogP contribution in [0.3, 0.4) is 0 Å². The summed E-state index contributed by atoms with van der Waals surface area (Å²) in [6.45, 7) is 2.37. The summed E-state index contributed by atoms with van der Waals surface area (Å²) < 4.78 is 11.0. The van der Waals surface area contributed by atoms with Crippen molar-refractivity contribution in [2.45, 2.75) is 32.2 Å². The van der Waals surface area contributed by atoms with Crippen LogP contribution in [0.15, 0.2) is 51.8 Å². The van der Waals surface area contributed by atoms with Crippen molar-refractivity contribution in [1.29, 1.82) is 0 Å². The lowest BCUT2D eigenvalue weighted by atomic mass is 10.0. The van der Waals surface area contributed by atoms with E-state index in [1.807, 2.05) is 30.3 Å². The van der Waals surface area contributed by atoms with Crippen molar-refractivity contribution in [2.24, 2.45) is 0 Å². The average molecular weight is 394 g/mol. The van der Waals surface area contributed by atoms with E-state index < -0.39 is 0 Å². The molecule has 3 aromatic rings. The molecule has 8 heteroatoms. The normalized spacial score (nSPS) is 16.6. The zero-order valence-electron chi connectivity index (χ0n) is 16.1. The fourth-order valence-electron chi connectivity index (χ4n) is 3.54. The Morgan fingerprint density at radius 1 is 1.28 bits per heavy atom. The molecule has 29 heavy (non-hydrogen) atoms. The van der Waals surface area contributed by atoms with E-state index in [1.165, 1.54) is 6.07 Å². The van der Waals surface area contributed by atoms with Crippen molar-refractivity contribution in [3.8, 4) is 17.2 Å². The number of likely N-dealkylation sites (tertiary alicyclic amines) is 1. The third-order valence-electron chi connectivity index (χ3n) is 4.89. The maximum absolute atomic E-state index is 12.8. The molecule has 4 rings (SSSR count). The number of para-hydroxylation sites is 1. The number of aromatic nitrogens is 3. The number of H-pyrrole nitrogens is 1. The first-order valence-corrected chi connectivity index (χ1v) is 9.62. The van der Waals surface area contributed by atoms with Gasteiger partial charge in [-0.05, 0) is 44.4 Å². The number of rotatable bonds is 5. The topological polar surface area (TPSA) is 101 Å². The third kappa shape index (κ3) is 4.37. The largest absolute Gasteiger partial charge is 0.484 e. The maximum Gasteiger partial charge on any atom is 0.261 e. The van der Waals surface area contributed by atoms with E-state index in [2.05, 4.69) is 15.1 Å². The lowest BCUT2D eigenvalue weighted by molar-refractivity contribution is -0.137. The molecule has 0 radical (unpaired) electrons. The highest BCUT2D eigenvalue weighted by Crippen LogP contribution is 2.30. The van der Waals surface area contributed by atoms with Crippen LogP contribution in [0.25, 0.3) is 11.5 Å². The van der Waals surface area contributed by atoms with Gasteiger partial charge in [-0.2, -0.15) is 4.98 Å². The molecule has 1 N–H and O–H groups in total. The van der Waals surface area contributed by atoms with Gasteiger partial charge in [0.1, 0.15) is 5.75 Å². The van der Waals surface area contributed by atoms with Gasteiger partial charge in [0.15, 0.2) is 12.4 Å². The van der Waals surface area contributed by atoms with E-state index in [0.717, 1.165) is 19.3 Å². The van der Waals surface area contributed by atoms with Crippen LogP contribution in [-0.4, -0.2) is 39.1 Å². The summed E-state index contributed by atoms with van der Waals surface area (Å²) in [7, 11) is 0. The van der Waals surface area contributed by atoms with Crippen LogP contribution in [0, 0.1) is 6.92 Å². The summed E-state index contributed by atoms with van der Waals surface area (Å²) in [6, 6.07) is 12.2. The Labute approximate surface area is 167 Å². The molecule has 1 atom stereocenters. The van der Waals surface area contributed by atoms with Gasteiger partial charge >= 0.3 is 0 Å². The van der Waals surface area contributed by atoms with Gasteiger partial charge in [0.25, 0.3) is 11.8 Å². The number of piperidine rings is 1. The van der Waals surface area contributed by atoms with Crippen LogP contribution in [0.2, 0.25) is 0 Å². The number of hydrogen-bond acceptors (Lipinski definition) is 6. The van der Waals surface area contributed by atoms with Crippen molar-refractivity contribution < 1.29 is 14.1 Å². The Morgan fingerprint density at radius 2 is 2.10 bits per heavy atom. The van der Waals surface area contributed by atoms with Crippen LogP contribution in [0.1, 0.15) is 36.8 Å². The highest BCUT2D eigenvalue weighted by atomic mass is 16.5. The molecular formula is C21H22N4O4. The number of pyridine rings is 1. The molecule has 1 fully saturated rings. The molecule has 1 unspecified atom stereocenters. The Balaban J connectivity index is 1.51. The Bertz CT molecular complexity index is 1040. The summed E-state index contributed by atoms with van der Waals surface area (Å²) >= 11 is 0. The molecule has 0 saturated carbocycles. The first kappa shape index (κ1) is 18.9. The number of aryl methyl sites for hydroxylation is 1. The molecule has 1 aliphatic rings. The highest BCUT2D eigenvalue weighted by Gasteiger charge is 2.32. The van der Waals surface area contributed by atoms with Crippen molar-refractivity contribution in [3.63, 3.8) is 0 Å². The summed E-state index contributed by atoms with van der Waals surface area (Å²) in [4.78, 5) is 33.4. The van der Waals surface area contributed by atoms with Crippen LogP contribution >= 0.6 is 0 Å². The zero-order valence-corrected chi connectivity index (χ0v) is 16.1. The molecule has 1 amide bonds. The molecule has 1 saturated heterocycles. The van der Waals surface area contributed by atoms with Crippen molar-refractivity contribution >= 4 is 5.91 Å². The smallest absolute Gasteiger partial charge is 0.261 e. The van der Waals surface area contributed by atoms with E-state index >= 15 is 0 Å². The van der Waals surface area contributed by atoms with Crippen molar-refractivity contribution in [2.75, 3.05) is 13.2 Å². The maximum atomic E-state index is 12.8. The summed E-state index contributed by atoms with van der Waals surface area (Å²) in [5.41, 5.74) is 1.04. The molecule has 8 nitrogen and oxygen atoms in total. The van der Waals surface area contributed by atoms with Crippen molar-refractivity contribution in [1.82, 2.24) is 20.0 Å². The number of hydrogen-bond donors (Lipinski definition) is 1. The molecule has 150 valence electrons. The minimum atomic E-state index is -0.267. The number of nitrogens with zero attached hydrogens (tertiary/aromatic N) is 3. The third-order valence-corrected chi connectivity index (χ3v) is 4.89. The number of benzene rings is 1. The number of aromatic amines is 1. The highest BCUT2D eigenvalue weighted by molar-refractivity contribution is 5.78. The van der Waals surface area contributed by atoms with Gasteiger partial charge in [-0.3, -0.25) is 9.59 Å². The fraction of sp³-hybridized carbons (Fsp3) is 0.333. The molecule has 3 heterocycles. The second-order valence-electron chi connectivity index (χ2n) is 7.07. The van der Waals surface area contributed by atoms with Gasteiger partial charge in [0.2, 0.25) is 5.56 Å². The first-order valence-electron chi connectivity index (χ1n) is 9.62. The Hall–Kier alpha value is -3.42. The minimum Gasteiger partial charge on any atom is -0.484 e. The lowest BCUT2D eigenvalue weighted by Gasteiger charge is -2.33. The van der Waals surface area contributed by atoms with E-state index in [4.69, 9.17) is 9.26 Å². The minimum absolute atomic E-state index is 0.0432. The van der Waals surface area contributed by atoms with Crippen LogP contribution in [0.4, 0.5) is 0 Å². The average Bonchev–Trinajstić information content (AvgIpc) is 3.22. The molecule has 0 aliphatic carbocycles. The number of carbonyl (C=O) groups excluding carboxylic acids is 1. The van der Waals surface area contributed by atoms with Gasteiger partial charge in [0, 0.05) is 23.9 Å². The second-order valence-corrected chi connectivity index (χ2v) is 7.07. The second kappa shape index (κ2) is 8.30. The summed E-state index contributed by atoms with van der Waals surface area (Å²) in [5.74, 6) is 1.26. The Kier molecular flexibility index (Phi) is 5.41. The van der Waals surface area contributed by atoms with Crippen LogP contribution in [0.5, 0.6) is 5.75 Å². The van der Waals surface area contributed by atoms with Gasteiger partial charge in [-0.15, -0.1) is 0 Å². The van der Waals surface area contributed by atoms with E-state index in [1.54, 1.807) is 17.9 Å². The molecule has 1 aromatic carbocycles. The van der Waals surface area contributed by atoms with Crippen molar-refractivity contribution in [3.05, 3.63) is 64.3 Å². The van der Waals surface area contributed by atoms with Gasteiger partial charge in [-0.1, -0.05) is 23.4 Å². The predicted molar refractivity (Wildman–Crippen MR) is 105 cm³/mol. The van der Waals surface area contributed by atoms with Gasteiger partial charge in [-0.25, -0.2) is 0 Å². The monoisotopic (exact) mass is 394 g/mol. The number of amides is 1. The number of nitrogens with one attached hydrogen (secondary N) is 1. The van der Waals surface area contributed by atoms with Gasteiger partial charge < -0.3 is 19.1 Å². The molecular weight excluding hydrogens is 372 g/mol. The number of carbonyl (C=O) groups is 1. The fourth-order valence-corrected chi connectivity index (χ4v) is 3.54. The summed E-state index contributed by atoms with van der Waals surface area (Å²) in [6.07, 6.45) is 2.65. The van der Waals surface area contributed by atoms with E-state index in [0.29, 0.717) is 29.4 Å². The SMILES string of the molecule is Cc1cc(-c2nc(C3CCCCN3C(=O)COc3ccccc3)no2)cc(=O)[nH]1. The molecule has 0 bridgehead atoms. The molecule has 2 aromatic heterocycles. The zero-order chi connectivity index (χ0) is 20.2. The molecule has 0 spiro atoms. The number of ether oxygens (including phenoxy) is 1. The summed E-state index contributed by atoms with van der Waals surface area (Å²) in [5, 5.41) is 4.09. The van der Waals surface area contributed by atoms with E-state index in [-0.39, 0.29) is 30.0 Å². The Morgan fingerprint density at radius 3 is 2.90 bits per heavy atom.